The average Bonchev–Trinajstić information content (AvgIpc) is 1.97. The van der Waals surface area contributed by atoms with E-state index in [9.17, 15) is 0 Å². The van der Waals surface area contributed by atoms with E-state index in [0.29, 0.717) is 0 Å². The van der Waals surface area contributed by atoms with Crippen molar-refractivity contribution in [3.63, 3.8) is 0 Å². The Morgan fingerprint density at radius 2 is 2.00 bits per heavy atom. The molecule has 0 heteroatoms. The Hall–Kier alpha value is -0.260. The molecule has 0 radical (unpaired) electrons. The Morgan fingerprint density at radius 1 is 1.36 bits per heavy atom. The monoisotopic (exact) mass is 154 g/mol. The molecule has 0 atom stereocenters. The quantitative estimate of drug-likeness (QED) is 0.521. The maximum Gasteiger partial charge on any atom is -0.0321 e. The number of rotatable bonds is 5. The predicted octanol–water partition coefficient (Wildman–Crippen LogP) is 4.17. The van der Waals surface area contributed by atoms with Crippen LogP contribution < -0.4 is 0 Å². The molecule has 0 bridgehead atoms. The van der Waals surface area contributed by atoms with Gasteiger partial charge in [0.1, 0.15) is 0 Å². The van der Waals surface area contributed by atoms with E-state index in [4.69, 9.17) is 0 Å². The van der Waals surface area contributed by atoms with Gasteiger partial charge in [-0.1, -0.05) is 38.8 Å². The molecule has 0 aromatic heterocycles. The number of unbranched alkanes of at least 4 members (excludes halogenated alkanes) is 1. The van der Waals surface area contributed by atoms with Gasteiger partial charge >= 0.3 is 0 Å². The predicted molar refractivity (Wildman–Crippen MR) is 52.7 cm³/mol. The summed E-state index contributed by atoms with van der Waals surface area (Å²) < 4.78 is 0. The zero-order chi connectivity index (χ0) is 8.69. The van der Waals surface area contributed by atoms with Gasteiger partial charge in [0.05, 0.1) is 0 Å². The second-order valence-electron chi connectivity index (χ2n) is 3.77. The van der Waals surface area contributed by atoms with Crippen LogP contribution in [0, 0.1) is 5.92 Å². The summed E-state index contributed by atoms with van der Waals surface area (Å²) >= 11 is 0. The van der Waals surface area contributed by atoms with E-state index < -0.39 is 0 Å². The molecular formula is C11H22. The molecule has 0 rings (SSSR count). The summed E-state index contributed by atoms with van der Waals surface area (Å²) in [5.41, 5.74) is 1.57. The molecule has 11 heavy (non-hydrogen) atoms. The first-order chi connectivity index (χ1) is 5.16. The first kappa shape index (κ1) is 10.7. The molecular weight excluding hydrogens is 132 g/mol. The zero-order valence-electron chi connectivity index (χ0n) is 8.48. The molecule has 0 unspecified atom stereocenters. The van der Waals surface area contributed by atoms with Gasteiger partial charge in [-0.3, -0.25) is 0 Å². The fourth-order valence-corrected chi connectivity index (χ4v) is 1.01. The lowest BCUT2D eigenvalue weighted by atomic mass is 10.0. The molecule has 0 N–H and O–H groups in total. The Morgan fingerprint density at radius 3 is 2.45 bits per heavy atom. The molecule has 0 nitrogen and oxygen atoms in total. The summed E-state index contributed by atoms with van der Waals surface area (Å²) in [4.78, 5) is 0. The van der Waals surface area contributed by atoms with Crippen molar-refractivity contribution in [2.75, 3.05) is 0 Å². The molecule has 0 fully saturated rings. The van der Waals surface area contributed by atoms with Crippen LogP contribution >= 0.6 is 0 Å². The van der Waals surface area contributed by atoms with E-state index in [1.165, 1.54) is 25.7 Å². The van der Waals surface area contributed by atoms with E-state index in [1.807, 2.05) is 0 Å². The van der Waals surface area contributed by atoms with Crippen molar-refractivity contribution in [2.24, 2.45) is 5.92 Å². The maximum absolute atomic E-state index is 2.38. The first-order valence-electron chi connectivity index (χ1n) is 4.82. The van der Waals surface area contributed by atoms with Crippen LogP contribution in [0.5, 0.6) is 0 Å². The highest BCUT2D eigenvalue weighted by Crippen LogP contribution is 2.11. The van der Waals surface area contributed by atoms with Gasteiger partial charge in [-0.2, -0.15) is 0 Å². The van der Waals surface area contributed by atoms with Crippen LogP contribution in [0.4, 0.5) is 0 Å². The molecule has 0 aromatic rings. The summed E-state index contributed by atoms with van der Waals surface area (Å²) in [6.07, 6.45) is 7.54. The highest BCUT2D eigenvalue weighted by molar-refractivity contribution is 4.97. The summed E-state index contributed by atoms with van der Waals surface area (Å²) in [6.45, 7) is 9.05. The SMILES string of the molecule is CCC/C=C(\C)CCC(C)C. The molecule has 0 saturated carbocycles. The van der Waals surface area contributed by atoms with Crippen LogP contribution in [0.15, 0.2) is 11.6 Å². The standard InChI is InChI=1S/C11H22/c1-5-6-7-11(4)9-8-10(2)3/h7,10H,5-6,8-9H2,1-4H3/b11-7+. The molecule has 0 spiro atoms. The molecule has 0 aromatic carbocycles. The van der Waals surface area contributed by atoms with Crippen molar-refractivity contribution in [3.05, 3.63) is 11.6 Å². The average molecular weight is 154 g/mol. The minimum atomic E-state index is 0.847. The number of hydrogen-bond donors (Lipinski definition) is 0. The van der Waals surface area contributed by atoms with Gasteiger partial charge in [0.2, 0.25) is 0 Å². The largest absolute Gasteiger partial charge is 0.0856 e. The third-order valence-corrected chi connectivity index (χ3v) is 1.90. The lowest BCUT2D eigenvalue weighted by Crippen LogP contribution is -1.87. The van der Waals surface area contributed by atoms with Gasteiger partial charge in [0.25, 0.3) is 0 Å². The summed E-state index contributed by atoms with van der Waals surface area (Å²) in [5.74, 6) is 0.847. The second kappa shape index (κ2) is 6.45. The molecule has 0 aliphatic carbocycles. The van der Waals surface area contributed by atoms with E-state index in [1.54, 1.807) is 5.57 Å². The van der Waals surface area contributed by atoms with Gasteiger partial charge in [0.15, 0.2) is 0 Å². The third kappa shape index (κ3) is 7.64. The molecule has 0 aliphatic rings. The number of allylic oxidation sites excluding steroid dienone is 2. The van der Waals surface area contributed by atoms with Gasteiger partial charge < -0.3 is 0 Å². The van der Waals surface area contributed by atoms with Crippen LogP contribution in [0.3, 0.4) is 0 Å². The van der Waals surface area contributed by atoms with E-state index in [0.717, 1.165) is 5.92 Å². The van der Waals surface area contributed by atoms with Crippen LogP contribution in [0.25, 0.3) is 0 Å². The topological polar surface area (TPSA) is 0 Å². The lowest BCUT2D eigenvalue weighted by molar-refractivity contribution is 0.583. The summed E-state index contributed by atoms with van der Waals surface area (Å²) in [5, 5.41) is 0. The normalized spacial score (nSPS) is 12.6. The van der Waals surface area contributed by atoms with Crippen molar-refractivity contribution < 1.29 is 0 Å². The van der Waals surface area contributed by atoms with E-state index >= 15 is 0 Å². The fourth-order valence-electron chi connectivity index (χ4n) is 1.01. The lowest BCUT2D eigenvalue weighted by Gasteiger charge is -2.03. The second-order valence-corrected chi connectivity index (χ2v) is 3.77. The molecule has 66 valence electrons. The highest BCUT2D eigenvalue weighted by atomic mass is 14.0. The fraction of sp³-hybridized carbons (Fsp3) is 0.818. The molecule has 0 heterocycles. The summed E-state index contributed by atoms with van der Waals surface area (Å²) in [6, 6.07) is 0. The van der Waals surface area contributed by atoms with E-state index in [2.05, 4.69) is 33.8 Å². The zero-order valence-corrected chi connectivity index (χ0v) is 8.48. The van der Waals surface area contributed by atoms with E-state index in [-0.39, 0.29) is 0 Å². The maximum atomic E-state index is 2.38. The van der Waals surface area contributed by atoms with Crippen molar-refractivity contribution in [1.29, 1.82) is 0 Å². The van der Waals surface area contributed by atoms with Gasteiger partial charge in [-0.05, 0) is 32.1 Å². The van der Waals surface area contributed by atoms with Crippen molar-refractivity contribution in [1.82, 2.24) is 0 Å². The Labute approximate surface area is 71.7 Å². The third-order valence-electron chi connectivity index (χ3n) is 1.90. The summed E-state index contributed by atoms with van der Waals surface area (Å²) in [7, 11) is 0. The molecule has 0 saturated heterocycles. The van der Waals surface area contributed by atoms with Crippen molar-refractivity contribution in [2.45, 2.75) is 53.4 Å². The Bertz CT molecular complexity index is 109. The molecule has 0 aliphatic heterocycles. The first-order valence-corrected chi connectivity index (χ1v) is 4.82. The Kier molecular flexibility index (Phi) is 6.30. The van der Waals surface area contributed by atoms with Crippen LogP contribution in [0.1, 0.15) is 53.4 Å². The van der Waals surface area contributed by atoms with Crippen molar-refractivity contribution in [3.8, 4) is 0 Å². The van der Waals surface area contributed by atoms with Gasteiger partial charge in [-0.25, -0.2) is 0 Å². The van der Waals surface area contributed by atoms with Crippen LogP contribution in [-0.2, 0) is 0 Å². The molecule has 0 amide bonds. The van der Waals surface area contributed by atoms with Gasteiger partial charge in [0, 0.05) is 0 Å². The smallest absolute Gasteiger partial charge is 0.0321 e. The minimum Gasteiger partial charge on any atom is -0.0856 e. The van der Waals surface area contributed by atoms with Crippen molar-refractivity contribution >= 4 is 0 Å². The highest BCUT2D eigenvalue weighted by Gasteiger charge is 1.94. The number of hydrogen-bond acceptors (Lipinski definition) is 0. The Balaban J connectivity index is 3.42. The van der Waals surface area contributed by atoms with Crippen LogP contribution in [-0.4, -0.2) is 0 Å². The van der Waals surface area contributed by atoms with Crippen LogP contribution in [0.2, 0.25) is 0 Å². The minimum absolute atomic E-state index is 0.847. The van der Waals surface area contributed by atoms with Gasteiger partial charge in [-0.15, -0.1) is 0 Å².